The molecule has 4 atom stereocenters. The Labute approximate surface area is 354 Å². The minimum atomic E-state index is -3.16. The van der Waals surface area contributed by atoms with Crippen LogP contribution in [0, 0.1) is 23.7 Å². The first kappa shape index (κ1) is 47.0. The third kappa shape index (κ3) is 11.7. The van der Waals surface area contributed by atoms with Crippen molar-refractivity contribution in [3.05, 3.63) is 121 Å². The number of aliphatic hydroxyl groups is 2. The quantitative estimate of drug-likeness (QED) is 0.0563. The number of aliphatic hydroxyl groups excluding tert-OH is 2. The van der Waals surface area contributed by atoms with Crippen LogP contribution in [0.25, 0.3) is 0 Å². The summed E-state index contributed by atoms with van der Waals surface area (Å²) in [6.45, 7) is 17.8. The second-order valence-corrected chi connectivity index (χ2v) is 26.2. The van der Waals surface area contributed by atoms with Gasteiger partial charge in [0.2, 0.25) is 0 Å². The minimum absolute atomic E-state index is 0.267. The van der Waals surface area contributed by atoms with Crippen LogP contribution in [-0.2, 0) is 8.85 Å². The lowest BCUT2D eigenvalue weighted by atomic mass is 9.99. The van der Waals surface area contributed by atoms with Crippen molar-refractivity contribution in [3.8, 4) is 23.7 Å². The van der Waals surface area contributed by atoms with Gasteiger partial charge in [-0.3, -0.25) is 0 Å². The summed E-state index contributed by atoms with van der Waals surface area (Å²) in [5.74, 6) is 13.6. The normalized spacial score (nSPS) is 14.3. The van der Waals surface area contributed by atoms with Crippen LogP contribution in [0.3, 0.4) is 0 Å². The van der Waals surface area contributed by atoms with E-state index in [1.807, 2.05) is 24.3 Å². The minimum Gasteiger partial charge on any atom is -0.401 e. The third-order valence-corrected chi connectivity index (χ3v) is 21.4. The fourth-order valence-electron chi connectivity index (χ4n) is 8.19. The summed E-state index contributed by atoms with van der Waals surface area (Å²) >= 11 is 0. The van der Waals surface area contributed by atoms with E-state index in [0.29, 0.717) is 0 Å². The van der Waals surface area contributed by atoms with Crippen molar-refractivity contribution < 1.29 is 19.1 Å². The molecule has 310 valence electrons. The van der Waals surface area contributed by atoms with Crippen LogP contribution in [0.5, 0.6) is 0 Å². The predicted octanol–water partition coefficient (Wildman–Crippen LogP) is 9.55. The van der Waals surface area contributed by atoms with Crippen LogP contribution in [-0.4, -0.2) is 51.3 Å². The molecule has 0 heterocycles. The van der Waals surface area contributed by atoms with E-state index in [0.717, 1.165) is 72.1 Å². The summed E-state index contributed by atoms with van der Waals surface area (Å²) in [5, 5.41) is 29.3. The summed E-state index contributed by atoms with van der Waals surface area (Å²) in [4.78, 5) is 0. The maximum atomic E-state index is 12.8. The van der Waals surface area contributed by atoms with Crippen LogP contribution in [0.15, 0.2) is 121 Å². The molecule has 0 unspecified atom stereocenters. The van der Waals surface area contributed by atoms with Crippen molar-refractivity contribution in [2.45, 2.75) is 154 Å². The monoisotopic (exact) mass is 814 g/mol. The molecule has 0 fully saturated rings. The van der Waals surface area contributed by atoms with Gasteiger partial charge in [0.05, 0.1) is 12.2 Å². The first-order chi connectivity index (χ1) is 27.8. The van der Waals surface area contributed by atoms with Gasteiger partial charge in [-0.05, 0) is 43.7 Å². The highest BCUT2D eigenvalue weighted by molar-refractivity contribution is 7.00. The molecular formula is C52H70O4Si2. The Morgan fingerprint density at radius 2 is 0.724 bits per heavy atom. The molecule has 4 aromatic rings. The molecule has 0 aliphatic carbocycles. The zero-order valence-corrected chi connectivity index (χ0v) is 38.6. The molecule has 0 spiro atoms. The summed E-state index contributed by atoms with van der Waals surface area (Å²) < 4.78 is 15.2. The SMILES string of the molecule is CCCCCC#CC[C@@H](O[Si](c1ccccc1)(c1ccccc1)C(C)(C)C)[C@@H](O)[C@H](O)[C@@H](CC#CCCCCC)O[Si](c1ccccc1)(c1ccccc1)C(C)(C)C. The Morgan fingerprint density at radius 3 is 0.966 bits per heavy atom. The molecule has 0 radical (unpaired) electrons. The van der Waals surface area contributed by atoms with Crippen molar-refractivity contribution in [1.82, 2.24) is 0 Å². The highest BCUT2D eigenvalue weighted by Gasteiger charge is 2.55. The van der Waals surface area contributed by atoms with Crippen molar-refractivity contribution in [2.75, 3.05) is 0 Å². The van der Waals surface area contributed by atoms with E-state index in [2.05, 4.69) is 176 Å². The van der Waals surface area contributed by atoms with Gasteiger partial charge < -0.3 is 19.1 Å². The van der Waals surface area contributed by atoms with E-state index in [1.165, 1.54) is 0 Å². The van der Waals surface area contributed by atoms with Crippen LogP contribution in [0.2, 0.25) is 10.1 Å². The molecule has 4 aromatic carbocycles. The van der Waals surface area contributed by atoms with Crippen molar-refractivity contribution in [1.29, 1.82) is 0 Å². The van der Waals surface area contributed by atoms with Crippen LogP contribution in [0.4, 0.5) is 0 Å². The lowest BCUT2D eigenvalue weighted by molar-refractivity contribution is -0.0926. The number of hydrogen-bond donors (Lipinski definition) is 2. The standard InChI is InChI=1S/C52H70O4Si2/c1-9-11-13-15-17-31-41-47(55-57(51(3,4)5,43-33-23-19-24-34-43)44-35-25-20-26-36-44)49(53)50(54)48(42-32-18-16-14-12-10-2)56-58(52(6,7)8,45-37-27-21-28-38-45)46-39-29-22-30-40-46/h19-30,33-40,47-50,53-54H,9-16,41-42H2,1-8H3/t47-,48-,49-,50-/m1/s1. The lowest BCUT2D eigenvalue weighted by Crippen LogP contribution is -2.70. The van der Waals surface area contributed by atoms with E-state index < -0.39 is 41.1 Å². The molecule has 4 rings (SSSR count). The molecule has 2 N–H and O–H groups in total. The van der Waals surface area contributed by atoms with Crippen LogP contribution < -0.4 is 20.7 Å². The molecule has 0 amide bonds. The van der Waals surface area contributed by atoms with Crippen LogP contribution in [0.1, 0.15) is 120 Å². The topological polar surface area (TPSA) is 58.9 Å². The lowest BCUT2D eigenvalue weighted by Gasteiger charge is -2.48. The summed E-state index contributed by atoms with van der Waals surface area (Å²) in [6, 6.07) is 41.9. The van der Waals surface area contributed by atoms with Gasteiger partial charge >= 0.3 is 0 Å². The molecular weight excluding hydrogens is 745 g/mol. The van der Waals surface area contributed by atoms with E-state index in [1.54, 1.807) is 0 Å². The van der Waals surface area contributed by atoms with E-state index in [9.17, 15) is 10.2 Å². The highest BCUT2D eigenvalue weighted by Crippen LogP contribution is 2.40. The molecule has 58 heavy (non-hydrogen) atoms. The largest absolute Gasteiger partial charge is 0.401 e. The molecule has 0 saturated carbocycles. The first-order valence-electron chi connectivity index (χ1n) is 21.7. The molecule has 4 nitrogen and oxygen atoms in total. The van der Waals surface area contributed by atoms with E-state index in [-0.39, 0.29) is 22.9 Å². The van der Waals surface area contributed by atoms with Crippen molar-refractivity contribution in [3.63, 3.8) is 0 Å². The van der Waals surface area contributed by atoms with Crippen molar-refractivity contribution >= 4 is 37.4 Å². The van der Waals surface area contributed by atoms with E-state index in [4.69, 9.17) is 8.85 Å². The Balaban J connectivity index is 1.90. The zero-order valence-electron chi connectivity index (χ0n) is 36.6. The zero-order chi connectivity index (χ0) is 42.1. The maximum absolute atomic E-state index is 12.8. The molecule has 0 saturated heterocycles. The average Bonchev–Trinajstić information content (AvgIpc) is 3.22. The fourth-order valence-corrected chi connectivity index (χ4v) is 17.6. The fraction of sp³-hybridized carbons (Fsp3) is 0.462. The highest BCUT2D eigenvalue weighted by atomic mass is 28.4. The summed E-state index contributed by atoms with van der Waals surface area (Å²) in [7, 11) is -6.32. The number of unbranched alkanes of at least 4 members (excludes halogenated alkanes) is 6. The van der Waals surface area contributed by atoms with Crippen molar-refractivity contribution in [2.24, 2.45) is 0 Å². The predicted molar refractivity (Wildman–Crippen MR) is 250 cm³/mol. The smallest absolute Gasteiger partial charge is 0.261 e. The number of hydrogen-bond acceptors (Lipinski definition) is 4. The maximum Gasteiger partial charge on any atom is 0.261 e. The van der Waals surface area contributed by atoms with Gasteiger partial charge in [0.15, 0.2) is 0 Å². The molecule has 0 aliphatic rings. The Bertz CT molecular complexity index is 1660. The summed E-state index contributed by atoms with van der Waals surface area (Å²) in [5.41, 5.74) is 0. The second kappa shape index (κ2) is 22.6. The second-order valence-electron chi connectivity index (χ2n) is 17.6. The van der Waals surface area contributed by atoms with Gasteiger partial charge in [-0.15, -0.1) is 23.7 Å². The van der Waals surface area contributed by atoms with Gasteiger partial charge in [-0.25, -0.2) is 0 Å². The molecule has 6 heteroatoms. The van der Waals surface area contributed by atoms with Gasteiger partial charge in [-0.1, -0.05) is 202 Å². The van der Waals surface area contributed by atoms with Crippen LogP contribution >= 0.6 is 0 Å². The van der Waals surface area contributed by atoms with E-state index >= 15 is 0 Å². The molecule has 0 aliphatic heterocycles. The van der Waals surface area contributed by atoms with Gasteiger partial charge in [0, 0.05) is 25.7 Å². The number of benzene rings is 4. The van der Waals surface area contributed by atoms with Gasteiger partial charge in [-0.2, -0.15) is 0 Å². The summed E-state index contributed by atoms with van der Waals surface area (Å²) in [6.07, 6.45) is 4.38. The third-order valence-electron chi connectivity index (χ3n) is 11.3. The number of rotatable bonds is 19. The van der Waals surface area contributed by atoms with Gasteiger partial charge in [0.1, 0.15) is 12.2 Å². The molecule has 0 bridgehead atoms. The first-order valence-corrected chi connectivity index (χ1v) is 25.5. The Morgan fingerprint density at radius 1 is 0.448 bits per heavy atom. The Hall–Kier alpha value is -3.73. The molecule has 0 aromatic heterocycles. The average molecular weight is 815 g/mol. The Kier molecular flexibility index (Phi) is 18.3. The van der Waals surface area contributed by atoms with Gasteiger partial charge in [0.25, 0.3) is 16.6 Å².